The molecule has 2 rings (SSSR count). The van der Waals surface area contributed by atoms with Crippen molar-refractivity contribution in [3.63, 3.8) is 0 Å². The zero-order valence-corrected chi connectivity index (χ0v) is 11.7. The van der Waals surface area contributed by atoms with Crippen molar-refractivity contribution in [3.05, 3.63) is 53.6 Å². The van der Waals surface area contributed by atoms with E-state index in [0.717, 1.165) is 0 Å². The van der Waals surface area contributed by atoms with Crippen molar-refractivity contribution >= 4 is 23.2 Å². The Kier molecular flexibility index (Phi) is 4.61. The van der Waals surface area contributed by atoms with Gasteiger partial charge in [-0.25, -0.2) is 0 Å². The Hall–Kier alpha value is -2.04. The number of amides is 1. The van der Waals surface area contributed by atoms with Crippen LogP contribution in [-0.4, -0.2) is 11.9 Å². The highest BCUT2D eigenvalue weighted by Gasteiger charge is 2.08. The lowest BCUT2D eigenvalue weighted by Gasteiger charge is -2.10. The average molecular weight is 291 g/mol. The molecule has 0 heterocycles. The molecule has 0 saturated carbocycles. The normalized spacial score (nSPS) is 11.8. The van der Waals surface area contributed by atoms with Crippen molar-refractivity contribution in [2.75, 3.05) is 5.32 Å². The van der Waals surface area contributed by atoms with Crippen LogP contribution < -0.4 is 15.8 Å². The molecule has 0 radical (unpaired) electrons. The molecule has 0 aliphatic carbocycles. The molecule has 0 fully saturated rings. The molecule has 4 nitrogen and oxygen atoms in total. The summed E-state index contributed by atoms with van der Waals surface area (Å²) in [5.74, 6) is 0.993. The number of hydrogen-bond acceptors (Lipinski definition) is 3. The highest BCUT2D eigenvalue weighted by Crippen LogP contribution is 2.26. The number of benzene rings is 2. The molecule has 5 heteroatoms. The molecule has 2 aromatic carbocycles. The van der Waals surface area contributed by atoms with E-state index in [1.807, 2.05) is 0 Å². The van der Waals surface area contributed by atoms with Gasteiger partial charge in [0.2, 0.25) is 5.91 Å². The lowest BCUT2D eigenvalue weighted by Crippen LogP contribution is -2.32. The quantitative estimate of drug-likeness (QED) is 0.907. The smallest absolute Gasteiger partial charge is 0.241 e. The van der Waals surface area contributed by atoms with E-state index in [0.29, 0.717) is 22.2 Å². The van der Waals surface area contributed by atoms with Crippen molar-refractivity contribution in [2.45, 2.75) is 13.0 Å². The Balaban J connectivity index is 2.12. The van der Waals surface area contributed by atoms with Gasteiger partial charge in [0, 0.05) is 16.8 Å². The maximum atomic E-state index is 11.5. The van der Waals surface area contributed by atoms with Gasteiger partial charge < -0.3 is 15.8 Å². The lowest BCUT2D eigenvalue weighted by atomic mass is 10.2. The molecule has 1 amide bonds. The number of nitrogens with one attached hydrogen (secondary N) is 1. The van der Waals surface area contributed by atoms with E-state index in [4.69, 9.17) is 22.1 Å². The maximum Gasteiger partial charge on any atom is 0.241 e. The molecule has 2 aromatic rings. The third-order valence-corrected chi connectivity index (χ3v) is 2.78. The minimum absolute atomic E-state index is 0.245. The fourth-order valence-corrected chi connectivity index (χ4v) is 1.74. The second-order valence-corrected chi connectivity index (χ2v) is 4.80. The van der Waals surface area contributed by atoms with E-state index in [-0.39, 0.29) is 5.91 Å². The molecule has 3 N–H and O–H groups in total. The molecule has 0 saturated heterocycles. The van der Waals surface area contributed by atoms with Gasteiger partial charge >= 0.3 is 0 Å². The van der Waals surface area contributed by atoms with E-state index < -0.39 is 6.04 Å². The molecule has 20 heavy (non-hydrogen) atoms. The second kappa shape index (κ2) is 6.41. The number of hydrogen-bond donors (Lipinski definition) is 2. The van der Waals surface area contributed by atoms with Crippen molar-refractivity contribution in [3.8, 4) is 11.5 Å². The van der Waals surface area contributed by atoms with Crippen molar-refractivity contribution < 1.29 is 9.53 Å². The van der Waals surface area contributed by atoms with Crippen LogP contribution >= 0.6 is 11.6 Å². The maximum absolute atomic E-state index is 11.5. The van der Waals surface area contributed by atoms with Crippen molar-refractivity contribution in [1.82, 2.24) is 0 Å². The standard InChI is InChI=1S/C15H15ClN2O2/c1-10(17)15(19)18-12-5-3-7-14(9-12)20-13-6-2-4-11(16)8-13/h2-10H,17H2,1H3,(H,18,19). The van der Waals surface area contributed by atoms with E-state index in [2.05, 4.69) is 5.32 Å². The summed E-state index contributed by atoms with van der Waals surface area (Å²) >= 11 is 5.90. The third-order valence-electron chi connectivity index (χ3n) is 2.55. The Labute approximate surface area is 122 Å². The number of halogens is 1. The topological polar surface area (TPSA) is 64.4 Å². The summed E-state index contributed by atoms with van der Waals surface area (Å²) < 4.78 is 5.67. The Morgan fingerprint density at radius 1 is 1.20 bits per heavy atom. The van der Waals surface area contributed by atoms with Crippen molar-refractivity contribution in [2.24, 2.45) is 5.73 Å². The highest BCUT2D eigenvalue weighted by atomic mass is 35.5. The molecule has 0 spiro atoms. The molecule has 1 atom stereocenters. The van der Waals surface area contributed by atoms with Crippen molar-refractivity contribution in [1.29, 1.82) is 0 Å². The van der Waals surface area contributed by atoms with Gasteiger partial charge in [0.15, 0.2) is 0 Å². The zero-order valence-electron chi connectivity index (χ0n) is 11.0. The number of rotatable bonds is 4. The molecule has 1 unspecified atom stereocenters. The van der Waals surface area contributed by atoms with Gasteiger partial charge in [-0.05, 0) is 37.3 Å². The highest BCUT2D eigenvalue weighted by molar-refractivity contribution is 6.30. The number of anilines is 1. The van der Waals surface area contributed by atoms with Gasteiger partial charge in [0.25, 0.3) is 0 Å². The van der Waals surface area contributed by atoms with Crippen LogP contribution in [0.5, 0.6) is 11.5 Å². The zero-order chi connectivity index (χ0) is 14.5. The SMILES string of the molecule is CC(N)C(=O)Nc1cccc(Oc2cccc(Cl)c2)c1. The summed E-state index contributed by atoms with van der Waals surface area (Å²) in [6.45, 7) is 1.63. The van der Waals surface area contributed by atoms with Gasteiger partial charge in [-0.1, -0.05) is 23.7 Å². The largest absolute Gasteiger partial charge is 0.457 e. The summed E-state index contributed by atoms with van der Waals surface area (Å²) in [5, 5.41) is 3.31. The van der Waals surface area contributed by atoms with Gasteiger partial charge in [0.1, 0.15) is 11.5 Å². The molecule has 0 aliphatic heterocycles. The number of nitrogens with two attached hydrogens (primary N) is 1. The first-order valence-electron chi connectivity index (χ1n) is 6.14. The average Bonchev–Trinajstić information content (AvgIpc) is 2.39. The molecular weight excluding hydrogens is 276 g/mol. The van der Waals surface area contributed by atoms with Crippen LogP contribution in [-0.2, 0) is 4.79 Å². The van der Waals surface area contributed by atoms with E-state index in [9.17, 15) is 4.79 Å². The fraction of sp³-hybridized carbons (Fsp3) is 0.133. The molecule has 0 bridgehead atoms. The Morgan fingerprint density at radius 3 is 2.50 bits per heavy atom. The van der Waals surface area contributed by atoms with Crippen LogP contribution in [0.15, 0.2) is 48.5 Å². The summed E-state index contributed by atoms with van der Waals surface area (Å²) in [4.78, 5) is 11.5. The minimum atomic E-state index is -0.562. The summed E-state index contributed by atoms with van der Waals surface area (Å²) in [6.07, 6.45) is 0. The van der Waals surface area contributed by atoms with Crippen LogP contribution in [0.2, 0.25) is 5.02 Å². The van der Waals surface area contributed by atoms with Gasteiger partial charge in [0.05, 0.1) is 6.04 Å². The van der Waals surface area contributed by atoms with Crippen LogP contribution in [0.3, 0.4) is 0 Å². The Morgan fingerprint density at radius 2 is 1.85 bits per heavy atom. The summed E-state index contributed by atoms with van der Waals surface area (Å²) in [5.41, 5.74) is 6.14. The van der Waals surface area contributed by atoms with Gasteiger partial charge in [-0.2, -0.15) is 0 Å². The van der Waals surface area contributed by atoms with Crippen LogP contribution in [0.4, 0.5) is 5.69 Å². The Bertz CT molecular complexity index is 614. The predicted molar refractivity (Wildman–Crippen MR) is 80.2 cm³/mol. The third kappa shape index (κ3) is 3.98. The lowest BCUT2D eigenvalue weighted by molar-refractivity contribution is -0.117. The molecule has 0 aromatic heterocycles. The van der Waals surface area contributed by atoms with Gasteiger partial charge in [-0.15, -0.1) is 0 Å². The van der Waals surface area contributed by atoms with E-state index in [1.165, 1.54) is 0 Å². The molecule has 0 aliphatic rings. The first-order chi connectivity index (χ1) is 9.54. The first-order valence-corrected chi connectivity index (χ1v) is 6.52. The summed E-state index contributed by atoms with van der Waals surface area (Å²) in [7, 11) is 0. The van der Waals surface area contributed by atoms with Crippen LogP contribution in [0, 0.1) is 0 Å². The minimum Gasteiger partial charge on any atom is -0.457 e. The van der Waals surface area contributed by atoms with Crippen LogP contribution in [0.1, 0.15) is 6.92 Å². The molecular formula is C15H15ClN2O2. The van der Waals surface area contributed by atoms with Crippen LogP contribution in [0.25, 0.3) is 0 Å². The van der Waals surface area contributed by atoms with Gasteiger partial charge in [-0.3, -0.25) is 4.79 Å². The summed E-state index contributed by atoms with van der Waals surface area (Å²) in [6, 6.07) is 13.6. The van der Waals surface area contributed by atoms with E-state index in [1.54, 1.807) is 55.5 Å². The molecule has 104 valence electrons. The number of carbonyl (C=O) groups is 1. The predicted octanol–water partition coefficient (Wildman–Crippen LogP) is 3.42. The fourth-order valence-electron chi connectivity index (χ4n) is 1.56. The number of ether oxygens (including phenoxy) is 1. The first kappa shape index (κ1) is 14.4. The second-order valence-electron chi connectivity index (χ2n) is 4.37. The monoisotopic (exact) mass is 290 g/mol. The van der Waals surface area contributed by atoms with E-state index >= 15 is 0 Å². The number of carbonyl (C=O) groups excluding carboxylic acids is 1.